The van der Waals surface area contributed by atoms with E-state index in [1.807, 2.05) is 30.3 Å². The number of hydrogen-bond donors (Lipinski definition) is 1. The van der Waals surface area contributed by atoms with Crippen LogP contribution in [0.1, 0.15) is 10.6 Å². The van der Waals surface area contributed by atoms with Crippen LogP contribution >= 0.6 is 34.4 Å². The van der Waals surface area contributed by atoms with Crippen molar-refractivity contribution in [2.24, 2.45) is 0 Å². The molecule has 7 heteroatoms. The maximum Gasteiger partial charge on any atom is 0.236 e. The van der Waals surface area contributed by atoms with Crippen LogP contribution in [0, 0.1) is 6.92 Å². The summed E-state index contributed by atoms with van der Waals surface area (Å²) in [6.45, 7) is 2.05. The van der Waals surface area contributed by atoms with E-state index in [9.17, 15) is 4.79 Å². The van der Waals surface area contributed by atoms with Crippen LogP contribution < -0.4 is 5.32 Å². The molecule has 2 heterocycles. The lowest BCUT2D eigenvalue weighted by atomic mass is 10.2. The molecule has 0 aliphatic rings. The van der Waals surface area contributed by atoms with Gasteiger partial charge in [-0.2, -0.15) is 0 Å². The number of carbonyl (C=O) groups excluding carboxylic acids is 1. The number of carbonyl (C=O) groups is 1. The van der Waals surface area contributed by atoms with Crippen LogP contribution in [-0.4, -0.2) is 21.6 Å². The van der Waals surface area contributed by atoms with Gasteiger partial charge in [0.05, 0.1) is 26.2 Å². The van der Waals surface area contributed by atoms with Crippen molar-refractivity contribution in [1.29, 1.82) is 0 Å². The molecule has 0 saturated carbocycles. The molecular weight excluding hydrogens is 370 g/mol. The zero-order chi connectivity index (χ0) is 17.2. The van der Waals surface area contributed by atoms with Crippen LogP contribution in [-0.2, 0) is 10.5 Å². The minimum Gasteiger partial charge on any atom is -0.301 e. The third-order valence-corrected chi connectivity index (χ3v) is 6.68. The highest BCUT2D eigenvalue weighted by molar-refractivity contribution is 7.99. The summed E-state index contributed by atoms with van der Waals surface area (Å²) in [7, 11) is 0. The Bertz CT molecular complexity index is 1020. The Morgan fingerprint density at radius 1 is 1.08 bits per heavy atom. The highest BCUT2D eigenvalue weighted by atomic mass is 32.2. The van der Waals surface area contributed by atoms with Gasteiger partial charge in [-0.15, -0.1) is 23.1 Å². The predicted octanol–water partition coefficient (Wildman–Crippen LogP) is 5.09. The van der Waals surface area contributed by atoms with Crippen LogP contribution in [0.15, 0.2) is 42.5 Å². The SMILES string of the molecule is Cc1ccc2nc(NC(=O)CSCc3nc4ccccc4s3)sc2c1. The molecule has 0 saturated heterocycles. The molecule has 0 fully saturated rings. The lowest BCUT2D eigenvalue weighted by Crippen LogP contribution is -2.13. The Morgan fingerprint density at radius 3 is 2.80 bits per heavy atom. The van der Waals surface area contributed by atoms with Crippen LogP contribution in [0.4, 0.5) is 5.13 Å². The number of fused-ring (bicyclic) bond motifs is 2. The summed E-state index contributed by atoms with van der Waals surface area (Å²) in [5, 5.41) is 4.60. The number of para-hydroxylation sites is 1. The third-order valence-electron chi connectivity index (χ3n) is 3.59. The second-order valence-electron chi connectivity index (χ2n) is 5.61. The van der Waals surface area contributed by atoms with E-state index in [2.05, 4.69) is 34.3 Å². The summed E-state index contributed by atoms with van der Waals surface area (Å²) >= 11 is 4.76. The number of aryl methyl sites for hydroxylation is 1. The molecule has 4 rings (SSSR count). The number of rotatable bonds is 5. The summed E-state index contributed by atoms with van der Waals surface area (Å²) in [5.74, 6) is 1.11. The van der Waals surface area contributed by atoms with Gasteiger partial charge in [-0.3, -0.25) is 4.79 Å². The highest BCUT2D eigenvalue weighted by Gasteiger charge is 2.09. The van der Waals surface area contributed by atoms with Crippen molar-refractivity contribution in [1.82, 2.24) is 9.97 Å². The fraction of sp³-hybridized carbons (Fsp3) is 0.167. The van der Waals surface area contributed by atoms with Crippen molar-refractivity contribution in [3.63, 3.8) is 0 Å². The van der Waals surface area contributed by atoms with E-state index in [0.717, 1.165) is 26.5 Å². The van der Waals surface area contributed by atoms with E-state index in [1.54, 1.807) is 23.1 Å². The normalized spacial score (nSPS) is 11.2. The Morgan fingerprint density at radius 2 is 1.92 bits per heavy atom. The van der Waals surface area contributed by atoms with Crippen molar-refractivity contribution < 1.29 is 4.79 Å². The number of benzene rings is 2. The molecule has 0 bridgehead atoms. The predicted molar refractivity (Wildman–Crippen MR) is 109 cm³/mol. The standard InChI is InChI=1S/C18H15N3OS3/c1-11-6-7-13-15(8-11)25-18(20-13)21-16(22)9-23-10-17-19-12-4-2-3-5-14(12)24-17/h2-8H,9-10H2,1H3,(H,20,21,22). The average Bonchev–Trinajstić information content (AvgIpc) is 3.17. The van der Waals surface area contributed by atoms with E-state index in [1.165, 1.54) is 21.6 Å². The van der Waals surface area contributed by atoms with Crippen molar-refractivity contribution in [2.75, 3.05) is 11.1 Å². The molecule has 0 atom stereocenters. The molecule has 2 aromatic heterocycles. The summed E-state index contributed by atoms with van der Waals surface area (Å²) in [6, 6.07) is 14.2. The topological polar surface area (TPSA) is 54.9 Å². The number of aromatic nitrogens is 2. The number of thiazole rings is 2. The van der Waals surface area contributed by atoms with Crippen molar-refractivity contribution in [3.05, 3.63) is 53.0 Å². The Kier molecular flexibility index (Phi) is 4.70. The molecular formula is C18H15N3OS3. The number of hydrogen-bond acceptors (Lipinski definition) is 6. The first kappa shape index (κ1) is 16.5. The first-order valence-corrected chi connectivity index (χ1v) is 10.6. The molecule has 4 aromatic rings. The average molecular weight is 386 g/mol. The van der Waals surface area contributed by atoms with Gasteiger partial charge >= 0.3 is 0 Å². The minimum atomic E-state index is -0.0260. The van der Waals surface area contributed by atoms with Gasteiger partial charge in [0.1, 0.15) is 5.01 Å². The number of anilines is 1. The maximum absolute atomic E-state index is 12.1. The first-order valence-electron chi connectivity index (χ1n) is 7.76. The Labute approximate surface area is 157 Å². The Balaban J connectivity index is 1.33. The monoisotopic (exact) mass is 385 g/mol. The molecule has 0 aliphatic heterocycles. The summed E-state index contributed by atoms with van der Waals surface area (Å²) < 4.78 is 2.28. The first-order chi connectivity index (χ1) is 12.2. The maximum atomic E-state index is 12.1. The summed E-state index contributed by atoms with van der Waals surface area (Å²) in [4.78, 5) is 21.2. The minimum absolute atomic E-state index is 0.0260. The summed E-state index contributed by atoms with van der Waals surface area (Å²) in [6.07, 6.45) is 0. The second kappa shape index (κ2) is 7.11. The number of thioether (sulfide) groups is 1. The smallest absolute Gasteiger partial charge is 0.236 e. The van der Waals surface area contributed by atoms with Crippen molar-refractivity contribution in [3.8, 4) is 0 Å². The van der Waals surface area contributed by atoms with E-state index in [-0.39, 0.29) is 5.91 Å². The van der Waals surface area contributed by atoms with Crippen LogP contribution in [0.2, 0.25) is 0 Å². The number of nitrogens with zero attached hydrogens (tertiary/aromatic N) is 2. The largest absolute Gasteiger partial charge is 0.301 e. The lowest BCUT2D eigenvalue weighted by Gasteiger charge is -2.00. The van der Waals surface area contributed by atoms with Crippen molar-refractivity contribution >= 4 is 65.9 Å². The fourth-order valence-electron chi connectivity index (χ4n) is 2.45. The summed E-state index contributed by atoms with van der Waals surface area (Å²) in [5.41, 5.74) is 3.14. The molecule has 0 spiro atoms. The van der Waals surface area contributed by atoms with Gasteiger partial charge in [0, 0.05) is 5.75 Å². The van der Waals surface area contributed by atoms with Crippen LogP contribution in [0.25, 0.3) is 20.4 Å². The van der Waals surface area contributed by atoms with Gasteiger partial charge in [-0.05, 0) is 36.8 Å². The Hall–Kier alpha value is -1.96. The van der Waals surface area contributed by atoms with Gasteiger partial charge < -0.3 is 5.32 Å². The molecule has 2 aromatic carbocycles. The molecule has 4 nitrogen and oxygen atoms in total. The van der Waals surface area contributed by atoms with E-state index < -0.39 is 0 Å². The van der Waals surface area contributed by atoms with E-state index >= 15 is 0 Å². The zero-order valence-corrected chi connectivity index (χ0v) is 15.9. The van der Waals surface area contributed by atoms with E-state index in [4.69, 9.17) is 0 Å². The molecule has 0 unspecified atom stereocenters. The van der Waals surface area contributed by atoms with Gasteiger partial charge in [-0.1, -0.05) is 29.5 Å². The zero-order valence-electron chi connectivity index (χ0n) is 13.5. The molecule has 126 valence electrons. The van der Waals surface area contributed by atoms with E-state index in [0.29, 0.717) is 10.9 Å². The highest BCUT2D eigenvalue weighted by Crippen LogP contribution is 2.27. The fourth-order valence-corrected chi connectivity index (χ4v) is 5.28. The molecule has 0 radical (unpaired) electrons. The number of amides is 1. The molecule has 1 amide bonds. The quantitative estimate of drug-likeness (QED) is 0.520. The van der Waals surface area contributed by atoms with Crippen molar-refractivity contribution in [2.45, 2.75) is 12.7 Å². The molecule has 25 heavy (non-hydrogen) atoms. The lowest BCUT2D eigenvalue weighted by molar-refractivity contribution is -0.113. The van der Waals surface area contributed by atoms with Crippen LogP contribution in [0.5, 0.6) is 0 Å². The molecule has 0 aliphatic carbocycles. The number of nitrogens with one attached hydrogen (secondary N) is 1. The van der Waals surface area contributed by atoms with Gasteiger partial charge in [0.15, 0.2) is 5.13 Å². The van der Waals surface area contributed by atoms with Crippen LogP contribution in [0.3, 0.4) is 0 Å². The molecule has 1 N–H and O–H groups in total. The third kappa shape index (κ3) is 3.84. The van der Waals surface area contributed by atoms with Gasteiger partial charge in [-0.25, -0.2) is 9.97 Å². The van der Waals surface area contributed by atoms with Gasteiger partial charge in [0.25, 0.3) is 0 Å². The second-order valence-corrected chi connectivity index (χ2v) is 8.74. The van der Waals surface area contributed by atoms with Gasteiger partial charge in [0.2, 0.25) is 5.91 Å².